The van der Waals surface area contributed by atoms with Gasteiger partial charge in [0.2, 0.25) is 5.91 Å². The van der Waals surface area contributed by atoms with Gasteiger partial charge in [-0.15, -0.1) is 0 Å². The summed E-state index contributed by atoms with van der Waals surface area (Å²) in [6.07, 6.45) is -0.316. The Bertz CT molecular complexity index is 827. The molecule has 28 heavy (non-hydrogen) atoms. The van der Waals surface area contributed by atoms with Crippen LogP contribution in [0.25, 0.3) is 0 Å². The molecule has 0 bridgehead atoms. The molecule has 0 spiro atoms. The van der Waals surface area contributed by atoms with Gasteiger partial charge in [-0.2, -0.15) is 0 Å². The maximum Gasteiger partial charge on any atom is 0.307 e. The van der Waals surface area contributed by atoms with E-state index >= 15 is 0 Å². The van der Waals surface area contributed by atoms with Crippen molar-refractivity contribution < 1.29 is 32.3 Å². The van der Waals surface area contributed by atoms with E-state index in [0.29, 0.717) is 5.57 Å². The molecule has 0 saturated carbocycles. The van der Waals surface area contributed by atoms with Gasteiger partial charge >= 0.3 is 5.97 Å². The van der Waals surface area contributed by atoms with E-state index in [1.54, 1.807) is 48.5 Å². The monoisotopic (exact) mass is 415 g/mol. The molecule has 158 valence electrons. The number of fused-ring (bicyclic) bond motifs is 1. The predicted octanol–water partition coefficient (Wildman–Crippen LogP) is 1.79. The van der Waals surface area contributed by atoms with Crippen molar-refractivity contribution in [3.63, 3.8) is 0 Å². The summed E-state index contributed by atoms with van der Waals surface area (Å²) >= 11 is 0. The predicted molar refractivity (Wildman–Crippen MR) is 101 cm³/mol. The molecule has 2 rings (SSSR count). The van der Waals surface area contributed by atoms with E-state index in [1.165, 1.54) is 0 Å². The maximum absolute atomic E-state index is 12.6. The van der Waals surface area contributed by atoms with E-state index in [-0.39, 0.29) is 30.4 Å². The van der Waals surface area contributed by atoms with Crippen LogP contribution in [0.4, 0.5) is 0 Å². The number of esters is 1. The molecule has 0 aromatic rings. The highest BCUT2D eigenvalue weighted by molar-refractivity contribution is 7.92. The SMILES string of the molecule is CC1=C(OCC(=O)C(C)(C)C)N2C(=O)[C@H](CC(=O)OC(C)(C)C)[C@@H]2S(=O)(=O)C1. The Kier molecular flexibility index (Phi) is 5.73. The standard InChI is InChI=1S/C19H29NO7S/c1-11-10-28(24,25)17-12(8-14(22)27-19(5,6)7)15(23)20(17)16(11)26-9-13(21)18(2,3)4/h12,17H,8-10H2,1-7H3/t12-,17-/m0/s1. The molecule has 1 amide bonds. The van der Waals surface area contributed by atoms with Gasteiger partial charge in [0.15, 0.2) is 26.9 Å². The zero-order chi connectivity index (χ0) is 21.7. The summed E-state index contributed by atoms with van der Waals surface area (Å²) in [6.45, 7) is 11.6. The molecule has 1 saturated heterocycles. The number of rotatable bonds is 5. The summed E-state index contributed by atoms with van der Waals surface area (Å²) in [5.41, 5.74) is -0.984. The summed E-state index contributed by atoms with van der Waals surface area (Å²) in [4.78, 5) is 37.9. The van der Waals surface area contributed by atoms with Crippen LogP contribution in [0.5, 0.6) is 0 Å². The van der Waals surface area contributed by atoms with Gasteiger partial charge in [0.1, 0.15) is 12.2 Å². The molecule has 2 aliphatic rings. The van der Waals surface area contributed by atoms with Crippen molar-refractivity contribution in [2.45, 2.75) is 65.9 Å². The Hall–Kier alpha value is -1.90. The second-order valence-electron chi connectivity index (χ2n) is 9.35. The van der Waals surface area contributed by atoms with Crippen LogP contribution < -0.4 is 0 Å². The fraction of sp³-hybridized carbons (Fsp3) is 0.737. The maximum atomic E-state index is 12.6. The van der Waals surface area contributed by atoms with Gasteiger partial charge in [-0.25, -0.2) is 8.42 Å². The summed E-state index contributed by atoms with van der Waals surface area (Å²) in [7, 11) is -3.67. The van der Waals surface area contributed by atoms with Crippen molar-refractivity contribution in [1.82, 2.24) is 4.90 Å². The molecule has 0 aliphatic carbocycles. The van der Waals surface area contributed by atoms with Crippen LogP contribution in [-0.4, -0.2) is 54.3 Å². The number of hydrogen-bond donors (Lipinski definition) is 0. The number of sulfone groups is 1. The molecule has 9 heteroatoms. The van der Waals surface area contributed by atoms with Gasteiger partial charge in [0, 0.05) is 11.0 Å². The van der Waals surface area contributed by atoms with Crippen LogP contribution in [0, 0.1) is 11.3 Å². The molecule has 2 heterocycles. The van der Waals surface area contributed by atoms with E-state index in [0.717, 1.165) is 4.90 Å². The van der Waals surface area contributed by atoms with Crippen molar-refractivity contribution >= 4 is 27.5 Å². The van der Waals surface area contributed by atoms with Crippen LogP contribution in [0.1, 0.15) is 54.9 Å². The second kappa shape index (κ2) is 7.17. The normalized spacial score (nSPS) is 24.4. The molecule has 8 nitrogen and oxygen atoms in total. The molecule has 0 N–H and O–H groups in total. The summed E-state index contributed by atoms with van der Waals surface area (Å²) < 4.78 is 36.0. The Balaban J connectivity index is 2.20. The first-order chi connectivity index (χ1) is 12.5. The van der Waals surface area contributed by atoms with Gasteiger partial charge in [-0.3, -0.25) is 19.3 Å². The number of Topliss-reactive ketones (excluding diaryl/α,β-unsaturated/α-hetero) is 1. The van der Waals surface area contributed by atoms with Crippen LogP contribution in [0.3, 0.4) is 0 Å². The first kappa shape index (κ1) is 22.4. The molecule has 0 aromatic carbocycles. The minimum absolute atomic E-state index is 0.0999. The first-order valence-corrected chi connectivity index (χ1v) is 10.9. The first-order valence-electron chi connectivity index (χ1n) is 9.17. The van der Waals surface area contributed by atoms with E-state index in [1.807, 2.05) is 0 Å². The van der Waals surface area contributed by atoms with Gasteiger partial charge in [-0.05, 0) is 27.7 Å². The molecule has 2 aliphatic heterocycles. The molecular formula is C19H29NO7S. The Morgan fingerprint density at radius 1 is 1.14 bits per heavy atom. The van der Waals surface area contributed by atoms with E-state index in [2.05, 4.69) is 0 Å². The molecule has 2 atom stereocenters. The zero-order valence-electron chi connectivity index (χ0n) is 17.5. The third-order valence-corrected chi connectivity index (χ3v) is 6.62. The van der Waals surface area contributed by atoms with Gasteiger partial charge in [0.25, 0.3) is 0 Å². The van der Waals surface area contributed by atoms with Crippen LogP contribution in [0.2, 0.25) is 0 Å². The third-order valence-electron chi connectivity index (χ3n) is 4.51. The number of nitrogens with zero attached hydrogens (tertiary/aromatic N) is 1. The largest absolute Gasteiger partial charge is 0.471 e. The van der Waals surface area contributed by atoms with Gasteiger partial charge < -0.3 is 9.47 Å². The van der Waals surface area contributed by atoms with Crippen molar-refractivity contribution in [3.8, 4) is 0 Å². The number of ether oxygens (including phenoxy) is 2. The summed E-state index contributed by atoms with van der Waals surface area (Å²) in [5.74, 6) is -2.51. The molecule has 1 fully saturated rings. The number of β-lactam (4-membered cyclic amide) rings is 1. The summed E-state index contributed by atoms with van der Waals surface area (Å²) in [5, 5.41) is -1.17. The van der Waals surface area contributed by atoms with Crippen molar-refractivity contribution in [1.29, 1.82) is 0 Å². The Morgan fingerprint density at radius 3 is 2.21 bits per heavy atom. The topological polar surface area (TPSA) is 107 Å². The Morgan fingerprint density at radius 2 is 1.71 bits per heavy atom. The molecule has 0 aromatic heterocycles. The van der Waals surface area contributed by atoms with Crippen molar-refractivity contribution in [2.24, 2.45) is 11.3 Å². The van der Waals surface area contributed by atoms with Crippen LogP contribution >= 0.6 is 0 Å². The van der Waals surface area contributed by atoms with Gasteiger partial charge in [0.05, 0.1) is 18.1 Å². The van der Waals surface area contributed by atoms with Crippen LogP contribution in [-0.2, 0) is 33.7 Å². The Labute approximate surface area is 166 Å². The van der Waals surface area contributed by atoms with Crippen molar-refractivity contribution in [2.75, 3.05) is 12.4 Å². The lowest BCUT2D eigenvalue weighted by atomic mass is 9.91. The van der Waals surface area contributed by atoms with E-state index in [4.69, 9.17) is 9.47 Å². The quantitative estimate of drug-likeness (QED) is 0.498. The average Bonchev–Trinajstić information content (AvgIpc) is 2.47. The van der Waals surface area contributed by atoms with Crippen LogP contribution in [0.15, 0.2) is 11.5 Å². The minimum atomic E-state index is -3.67. The number of ketones is 1. The highest BCUT2D eigenvalue weighted by Gasteiger charge is 2.59. The molecule has 0 unspecified atom stereocenters. The van der Waals surface area contributed by atoms with Crippen molar-refractivity contribution in [3.05, 3.63) is 11.5 Å². The fourth-order valence-electron chi connectivity index (χ4n) is 3.10. The smallest absolute Gasteiger partial charge is 0.307 e. The lowest BCUT2D eigenvalue weighted by Crippen LogP contribution is -2.66. The lowest BCUT2D eigenvalue weighted by molar-refractivity contribution is -0.166. The number of amides is 1. The number of hydrogen-bond acceptors (Lipinski definition) is 7. The number of carbonyl (C=O) groups is 3. The number of carbonyl (C=O) groups excluding carboxylic acids is 3. The summed E-state index contributed by atoms with van der Waals surface area (Å²) in [6, 6.07) is 0. The highest BCUT2D eigenvalue weighted by Crippen LogP contribution is 2.42. The molecule has 0 radical (unpaired) electrons. The average molecular weight is 416 g/mol. The van der Waals surface area contributed by atoms with E-state index < -0.39 is 44.0 Å². The zero-order valence-corrected chi connectivity index (χ0v) is 18.3. The minimum Gasteiger partial charge on any atom is -0.471 e. The third kappa shape index (κ3) is 4.56. The van der Waals surface area contributed by atoms with Gasteiger partial charge in [-0.1, -0.05) is 20.8 Å². The second-order valence-corrected chi connectivity index (χ2v) is 11.4. The lowest BCUT2D eigenvalue weighted by Gasteiger charge is -2.49. The highest BCUT2D eigenvalue weighted by atomic mass is 32.2. The molecular weight excluding hydrogens is 386 g/mol. The fourth-order valence-corrected chi connectivity index (χ4v) is 5.23. The van der Waals surface area contributed by atoms with E-state index in [9.17, 15) is 22.8 Å².